The van der Waals surface area contributed by atoms with Crippen molar-refractivity contribution in [2.75, 3.05) is 24.4 Å². The molecule has 3 aliphatic rings. The third-order valence-electron chi connectivity index (χ3n) is 9.36. The minimum atomic E-state index is -4.03. The number of aryl methyl sites for hydroxylation is 1. The normalized spacial score (nSPS) is 19.6. The van der Waals surface area contributed by atoms with Crippen LogP contribution in [0.1, 0.15) is 74.8 Å². The number of amidine groups is 1. The summed E-state index contributed by atoms with van der Waals surface area (Å²) in [6.07, 6.45) is 4.97. The van der Waals surface area contributed by atoms with Gasteiger partial charge in [-0.15, -0.1) is 0 Å². The minimum Gasteiger partial charge on any atom is -0.377 e. The summed E-state index contributed by atoms with van der Waals surface area (Å²) in [5.41, 5.74) is 2.62. The number of hydrogen-bond acceptors (Lipinski definition) is 8. The van der Waals surface area contributed by atoms with Crippen LogP contribution in [0.5, 0.6) is 0 Å². The smallest absolute Gasteiger partial charge is 0.263 e. The van der Waals surface area contributed by atoms with Crippen LogP contribution in [-0.4, -0.2) is 66.3 Å². The maximum absolute atomic E-state index is 14.1. The number of amides is 2. The largest absolute Gasteiger partial charge is 0.377 e. The van der Waals surface area contributed by atoms with Gasteiger partial charge in [0.2, 0.25) is 5.91 Å². The Morgan fingerprint density at radius 3 is 2.62 bits per heavy atom. The molecule has 2 fully saturated rings. The molecule has 1 atom stereocenters. The zero-order chi connectivity index (χ0) is 33.3. The molecule has 2 amide bonds. The molecule has 11 nitrogen and oxygen atoms in total. The Morgan fingerprint density at radius 1 is 1.13 bits per heavy atom. The number of aliphatic imine (C=N–C) groups is 1. The summed E-state index contributed by atoms with van der Waals surface area (Å²) in [6, 6.07) is 12.6. The zero-order valence-corrected chi connectivity index (χ0v) is 28.4. The van der Waals surface area contributed by atoms with Gasteiger partial charge in [-0.3, -0.25) is 24.2 Å². The number of nitrogens with one attached hydrogen (secondary N) is 1. The standard InChI is InChI=1S/C35H43N5O6S/c1-5-7-12-31-36-35(17-18-39(22-35)33(41)26-14-15-26)34(42)40(31)20-25-13-16-28(27(19-25)21-45-6-2)29-10-8-9-11-30(29)47(43,44)38-32-23(3)24(4)46-37-32/h8-11,13,16,19,26H,5-7,12,14-15,17-18,20-22H2,1-4H3,(H,37,38). The lowest BCUT2D eigenvalue weighted by Gasteiger charge is -2.24. The summed E-state index contributed by atoms with van der Waals surface area (Å²) in [4.78, 5) is 35.7. The van der Waals surface area contributed by atoms with Crippen LogP contribution >= 0.6 is 0 Å². The predicted octanol–water partition coefficient (Wildman–Crippen LogP) is 5.61. The Morgan fingerprint density at radius 2 is 1.91 bits per heavy atom. The Balaban J connectivity index is 1.30. The molecule has 47 heavy (non-hydrogen) atoms. The topological polar surface area (TPSA) is 134 Å². The Labute approximate surface area is 276 Å². The van der Waals surface area contributed by atoms with E-state index < -0.39 is 15.6 Å². The number of likely N-dealkylation sites (tertiary alicyclic amines) is 1. The number of carbonyl (C=O) groups is 2. The van der Waals surface area contributed by atoms with Crippen LogP contribution in [0.4, 0.5) is 5.82 Å². The third-order valence-corrected chi connectivity index (χ3v) is 10.8. The second-order valence-corrected chi connectivity index (χ2v) is 14.4. The highest BCUT2D eigenvalue weighted by Crippen LogP contribution is 2.39. The van der Waals surface area contributed by atoms with Gasteiger partial charge in [0.05, 0.1) is 24.6 Å². The fourth-order valence-electron chi connectivity index (χ4n) is 6.39. The zero-order valence-electron chi connectivity index (χ0n) is 27.5. The van der Waals surface area contributed by atoms with E-state index in [-0.39, 0.29) is 35.1 Å². The van der Waals surface area contributed by atoms with Crippen molar-refractivity contribution in [2.24, 2.45) is 10.9 Å². The van der Waals surface area contributed by atoms with Gasteiger partial charge < -0.3 is 14.2 Å². The molecule has 250 valence electrons. The molecule has 12 heteroatoms. The highest BCUT2D eigenvalue weighted by molar-refractivity contribution is 7.92. The molecule has 1 unspecified atom stereocenters. The lowest BCUT2D eigenvalue weighted by atomic mass is 9.96. The van der Waals surface area contributed by atoms with E-state index in [0.29, 0.717) is 61.5 Å². The Hall–Kier alpha value is -4.03. The number of sulfonamides is 1. The molecule has 1 saturated carbocycles. The number of hydrogen-bond donors (Lipinski definition) is 1. The minimum absolute atomic E-state index is 0.0500. The fourth-order valence-corrected chi connectivity index (χ4v) is 7.67. The number of rotatable bonds is 13. The number of carbonyl (C=O) groups excluding carboxylic acids is 2. The number of anilines is 1. The molecule has 6 rings (SSSR count). The summed E-state index contributed by atoms with van der Waals surface area (Å²) >= 11 is 0. The van der Waals surface area contributed by atoms with Crippen molar-refractivity contribution in [1.82, 2.24) is 15.0 Å². The Bertz CT molecular complexity index is 1810. The van der Waals surface area contributed by atoms with Gasteiger partial charge in [0.25, 0.3) is 15.9 Å². The second kappa shape index (κ2) is 13.2. The predicted molar refractivity (Wildman–Crippen MR) is 178 cm³/mol. The van der Waals surface area contributed by atoms with Crippen LogP contribution in [-0.2, 0) is 37.5 Å². The van der Waals surface area contributed by atoms with Crippen molar-refractivity contribution in [2.45, 2.75) is 89.8 Å². The van der Waals surface area contributed by atoms with Crippen molar-refractivity contribution in [3.63, 3.8) is 0 Å². The summed E-state index contributed by atoms with van der Waals surface area (Å²) in [5, 5.41) is 3.88. The van der Waals surface area contributed by atoms with E-state index in [4.69, 9.17) is 14.3 Å². The molecule has 0 radical (unpaired) electrons. The van der Waals surface area contributed by atoms with Crippen LogP contribution in [0, 0.1) is 19.8 Å². The molecule has 3 heterocycles. The fraction of sp³-hybridized carbons (Fsp3) is 0.486. The van der Waals surface area contributed by atoms with Crippen molar-refractivity contribution < 1.29 is 27.3 Å². The highest BCUT2D eigenvalue weighted by Gasteiger charge is 2.53. The van der Waals surface area contributed by atoms with Crippen molar-refractivity contribution >= 4 is 33.5 Å². The van der Waals surface area contributed by atoms with Gasteiger partial charge in [-0.25, -0.2) is 8.42 Å². The first kappa shape index (κ1) is 32.9. The monoisotopic (exact) mass is 661 g/mol. The molecule has 1 N–H and O–H groups in total. The summed E-state index contributed by atoms with van der Waals surface area (Å²) < 4.78 is 40.9. The maximum atomic E-state index is 14.1. The maximum Gasteiger partial charge on any atom is 0.263 e. The quantitative estimate of drug-likeness (QED) is 0.252. The first-order chi connectivity index (χ1) is 22.6. The number of aromatic nitrogens is 1. The first-order valence-corrected chi connectivity index (χ1v) is 18.0. The summed E-state index contributed by atoms with van der Waals surface area (Å²) in [5.74, 6) is 1.67. The van der Waals surface area contributed by atoms with Gasteiger partial charge in [0.15, 0.2) is 11.4 Å². The lowest BCUT2D eigenvalue weighted by molar-refractivity contribution is -0.133. The number of benzene rings is 2. The van der Waals surface area contributed by atoms with E-state index in [1.54, 1.807) is 43.0 Å². The molecular formula is C35H43N5O6S. The van der Waals surface area contributed by atoms with Gasteiger partial charge in [-0.05, 0) is 62.8 Å². The van der Waals surface area contributed by atoms with Gasteiger partial charge in [-0.2, -0.15) is 0 Å². The van der Waals surface area contributed by atoms with Gasteiger partial charge >= 0.3 is 0 Å². The molecular weight excluding hydrogens is 618 g/mol. The van der Waals surface area contributed by atoms with E-state index in [9.17, 15) is 18.0 Å². The second-order valence-electron chi connectivity index (χ2n) is 12.8. The lowest BCUT2D eigenvalue weighted by Crippen LogP contribution is -2.45. The van der Waals surface area contributed by atoms with E-state index in [2.05, 4.69) is 16.8 Å². The van der Waals surface area contributed by atoms with Crippen LogP contribution < -0.4 is 4.72 Å². The van der Waals surface area contributed by atoms with Crippen LogP contribution in [0.15, 0.2) is 56.9 Å². The van der Waals surface area contributed by atoms with Crippen LogP contribution in [0.25, 0.3) is 11.1 Å². The van der Waals surface area contributed by atoms with E-state index in [1.165, 1.54) is 0 Å². The SMILES string of the molecule is CCCCC1=NC2(CCN(C(=O)C3CC3)C2)C(=O)N1Cc1ccc(-c2ccccc2S(=O)(=O)Nc2noc(C)c2C)c(COCC)c1. The first-order valence-electron chi connectivity index (χ1n) is 16.5. The van der Waals surface area contributed by atoms with Gasteiger partial charge in [0, 0.05) is 43.0 Å². The summed E-state index contributed by atoms with van der Waals surface area (Å²) in [6.45, 7) is 9.45. The third kappa shape index (κ3) is 6.58. The average Bonchev–Trinajstić information content (AvgIpc) is 3.70. The molecule has 1 saturated heterocycles. The average molecular weight is 662 g/mol. The van der Waals surface area contributed by atoms with E-state index in [0.717, 1.165) is 42.6 Å². The number of unbranched alkanes of at least 4 members (excludes halogenated alkanes) is 1. The molecule has 2 aromatic carbocycles. The van der Waals surface area contributed by atoms with Crippen molar-refractivity contribution in [1.29, 1.82) is 0 Å². The molecule has 0 bridgehead atoms. The van der Waals surface area contributed by atoms with E-state index in [1.807, 2.05) is 30.0 Å². The van der Waals surface area contributed by atoms with E-state index >= 15 is 0 Å². The van der Waals surface area contributed by atoms with Gasteiger partial charge in [-0.1, -0.05) is 54.9 Å². The molecule has 2 aliphatic heterocycles. The van der Waals surface area contributed by atoms with Crippen LogP contribution in [0.2, 0.25) is 0 Å². The van der Waals surface area contributed by atoms with Crippen molar-refractivity contribution in [3.8, 4) is 11.1 Å². The van der Waals surface area contributed by atoms with Gasteiger partial charge in [0.1, 0.15) is 11.6 Å². The Kier molecular flexibility index (Phi) is 9.26. The number of ether oxygens (including phenoxy) is 1. The molecule has 3 aromatic rings. The molecule has 1 aromatic heterocycles. The molecule has 1 aliphatic carbocycles. The highest BCUT2D eigenvalue weighted by atomic mass is 32.2. The summed E-state index contributed by atoms with van der Waals surface area (Å²) in [7, 11) is -4.03. The molecule has 1 spiro atoms. The van der Waals surface area contributed by atoms with Crippen LogP contribution in [0.3, 0.4) is 0 Å². The number of nitrogens with zero attached hydrogens (tertiary/aromatic N) is 4. The van der Waals surface area contributed by atoms with Crippen molar-refractivity contribution in [3.05, 3.63) is 64.9 Å².